The van der Waals surface area contributed by atoms with Crippen LogP contribution in [0.5, 0.6) is 11.5 Å². The molecule has 1 aliphatic rings. The second-order valence-corrected chi connectivity index (χ2v) is 6.58. The van der Waals surface area contributed by atoms with Gasteiger partial charge in [-0.15, -0.1) is 0 Å². The van der Waals surface area contributed by atoms with E-state index in [0.29, 0.717) is 30.9 Å². The Morgan fingerprint density at radius 2 is 1.82 bits per heavy atom. The van der Waals surface area contributed by atoms with Gasteiger partial charge in [0.1, 0.15) is 17.5 Å². The van der Waals surface area contributed by atoms with Crippen molar-refractivity contribution in [2.45, 2.75) is 25.4 Å². The van der Waals surface area contributed by atoms with E-state index in [2.05, 4.69) is 10.6 Å². The molecule has 3 amide bonds. The summed E-state index contributed by atoms with van der Waals surface area (Å²) in [5.41, 5.74) is 1.60. The third kappa shape index (κ3) is 4.73. The van der Waals surface area contributed by atoms with E-state index >= 15 is 0 Å². The number of nitrogens with zero attached hydrogens (tertiary/aromatic N) is 1. The first-order chi connectivity index (χ1) is 13.6. The Morgan fingerprint density at radius 1 is 1.07 bits per heavy atom. The topological polar surface area (TPSA) is 79.9 Å². The van der Waals surface area contributed by atoms with Crippen molar-refractivity contribution in [1.82, 2.24) is 10.2 Å². The zero-order chi connectivity index (χ0) is 19.9. The largest absolute Gasteiger partial charge is 0.497 e. The Balaban J connectivity index is 1.57. The molecule has 0 radical (unpaired) electrons. The van der Waals surface area contributed by atoms with Crippen molar-refractivity contribution in [3.8, 4) is 11.5 Å². The molecule has 3 rings (SSSR count). The average molecular weight is 383 g/mol. The number of methoxy groups -OCH3 is 2. The van der Waals surface area contributed by atoms with Crippen molar-refractivity contribution < 1.29 is 19.1 Å². The molecule has 0 aromatic heterocycles. The number of hydrogen-bond acceptors (Lipinski definition) is 4. The molecule has 0 saturated carbocycles. The van der Waals surface area contributed by atoms with E-state index in [9.17, 15) is 9.59 Å². The fourth-order valence-corrected chi connectivity index (χ4v) is 3.23. The van der Waals surface area contributed by atoms with Crippen LogP contribution < -0.4 is 20.1 Å². The van der Waals surface area contributed by atoms with Crippen LogP contribution in [0.3, 0.4) is 0 Å². The fourth-order valence-electron chi connectivity index (χ4n) is 3.23. The summed E-state index contributed by atoms with van der Waals surface area (Å²) < 4.78 is 10.3. The number of urea groups is 1. The van der Waals surface area contributed by atoms with E-state index in [0.717, 1.165) is 17.7 Å². The van der Waals surface area contributed by atoms with Crippen molar-refractivity contribution in [2.75, 3.05) is 26.1 Å². The number of likely N-dealkylation sites (tertiary alicyclic amines) is 1. The molecule has 28 heavy (non-hydrogen) atoms. The predicted octanol–water partition coefficient (Wildman–Crippen LogP) is 3.02. The minimum absolute atomic E-state index is 0.144. The molecule has 2 N–H and O–H groups in total. The maximum atomic E-state index is 12.7. The average Bonchev–Trinajstić information content (AvgIpc) is 3.22. The molecule has 1 heterocycles. The highest BCUT2D eigenvalue weighted by molar-refractivity contribution is 5.94. The highest BCUT2D eigenvalue weighted by Gasteiger charge is 2.34. The number of benzene rings is 2. The molecule has 1 aliphatic heterocycles. The maximum Gasteiger partial charge on any atom is 0.322 e. The first-order valence-corrected chi connectivity index (χ1v) is 9.23. The Kier molecular flexibility index (Phi) is 6.37. The summed E-state index contributed by atoms with van der Waals surface area (Å²) in [6, 6.07) is 13.9. The first kappa shape index (κ1) is 19.5. The normalized spacial score (nSPS) is 15.8. The SMILES string of the molecule is COc1ccc(CNC(=O)[C@@H]2CCCN2C(=O)Nc2cccc(OC)c2)cc1. The molecule has 2 aromatic carbocycles. The lowest BCUT2D eigenvalue weighted by Crippen LogP contribution is -2.47. The molecule has 7 nitrogen and oxygen atoms in total. The van der Waals surface area contributed by atoms with E-state index in [1.54, 1.807) is 43.4 Å². The Bertz CT molecular complexity index is 823. The molecule has 0 unspecified atom stereocenters. The fraction of sp³-hybridized carbons (Fsp3) is 0.333. The Morgan fingerprint density at radius 3 is 2.54 bits per heavy atom. The quantitative estimate of drug-likeness (QED) is 0.804. The molecule has 1 atom stereocenters. The van der Waals surface area contributed by atoms with Gasteiger partial charge in [0, 0.05) is 24.8 Å². The number of ether oxygens (including phenoxy) is 2. The van der Waals surface area contributed by atoms with Gasteiger partial charge in [0.2, 0.25) is 5.91 Å². The molecular weight excluding hydrogens is 358 g/mol. The number of rotatable bonds is 6. The van der Waals surface area contributed by atoms with Crippen LogP contribution in [0.25, 0.3) is 0 Å². The van der Waals surface area contributed by atoms with Gasteiger partial charge in [-0.2, -0.15) is 0 Å². The van der Waals surface area contributed by atoms with Crippen LogP contribution in [0.4, 0.5) is 10.5 Å². The number of carbonyl (C=O) groups is 2. The summed E-state index contributed by atoms with van der Waals surface area (Å²) in [4.78, 5) is 26.9. The molecule has 0 spiro atoms. The molecule has 148 valence electrons. The van der Waals surface area contributed by atoms with E-state index in [-0.39, 0.29) is 11.9 Å². The van der Waals surface area contributed by atoms with Gasteiger partial charge in [0.05, 0.1) is 14.2 Å². The zero-order valence-corrected chi connectivity index (χ0v) is 16.1. The summed E-state index contributed by atoms with van der Waals surface area (Å²) in [5, 5.41) is 5.77. The van der Waals surface area contributed by atoms with E-state index < -0.39 is 6.04 Å². The lowest BCUT2D eigenvalue weighted by Gasteiger charge is -2.24. The van der Waals surface area contributed by atoms with Crippen molar-refractivity contribution in [1.29, 1.82) is 0 Å². The summed E-state index contributed by atoms with van der Waals surface area (Å²) in [5.74, 6) is 1.29. The van der Waals surface area contributed by atoms with Crippen LogP contribution in [0.15, 0.2) is 48.5 Å². The van der Waals surface area contributed by atoms with Crippen LogP contribution in [0.2, 0.25) is 0 Å². The number of nitrogens with one attached hydrogen (secondary N) is 2. The third-order valence-corrected chi connectivity index (χ3v) is 4.76. The smallest absolute Gasteiger partial charge is 0.322 e. The standard InChI is InChI=1S/C21H25N3O4/c1-27-17-10-8-15(9-11-17)14-22-20(25)19-7-4-12-24(19)21(26)23-16-5-3-6-18(13-16)28-2/h3,5-6,8-11,13,19H,4,7,12,14H2,1-2H3,(H,22,25)(H,23,26)/t19-/m0/s1. The van der Waals surface area contributed by atoms with Crippen LogP contribution in [-0.2, 0) is 11.3 Å². The molecule has 1 fully saturated rings. The molecule has 1 saturated heterocycles. The Labute approximate surface area is 164 Å². The van der Waals surface area contributed by atoms with Crippen molar-refractivity contribution in [2.24, 2.45) is 0 Å². The van der Waals surface area contributed by atoms with Gasteiger partial charge in [0.25, 0.3) is 0 Å². The van der Waals surface area contributed by atoms with Crippen molar-refractivity contribution in [3.05, 3.63) is 54.1 Å². The molecule has 7 heteroatoms. The van der Waals surface area contributed by atoms with E-state index in [1.807, 2.05) is 24.3 Å². The number of hydrogen-bond donors (Lipinski definition) is 2. The van der Waals surface area contributed by atoms with Gasteiger partial charge < -0.3 is 25.0 Å². The lowest BCUT2D eigenvalue weighted by molar-refractivity contribution is -0.124. The number of amides is 3. The first-order valence-electron chi connectivity index (χ1n) is 9.23. The van der Waals surface area contributed by atoms with E-state index in [4.69, 9.17) is 9.47 Å². The minimum atomic E-state index is -0.469. The molecule has 2 aromatic rings. The van der Waals surface area contributed by atoms with Gasteiger partial charge in [-0.1, -0.05) is 18.2 Å². The maximum absolute atomic E-state index is 12.7. The summed E-state index contributed by atoms with van der Waals surface area (Å²) >= 11 is 0. The molecular formula is C21H25N3O4. The Hall–Kier alpha value is -3.22. The molecule has 0 bridgehead atoms. The van der Waals surface area contributed by atoms with Gasteiger partial charge in [-0.05, 0) is 42.7 Å². The van der Waals surface area contributed by atoms with Gasteiger partial charge in [-0.25, -0.2) is 4.79 Å². The van der Waals surface area contributed by atoms with Gasteiger partial charge in [-0.3, -0.25) is 4.79 Å². The summed E-state index contributed by atoms with van der Waals surface area (Å²) in [6.07, 6.45) is 1.45. The summed E-state index contributed by atoms with van der Waals surface area (Å²) in [7, 11) is 3.19. The highest BCUT2D eigenvalue weighted by Crippen LogP contribution is 2.21. The predicted molar refractivity (Wildman–Crippen MR) is 107 cm³/mol. The van der Waals surface area contributed by atoms with Crippen LogP contribution in [-0.4, -0.2) is 43.6 Å². The zero-order valence-electron chi connectivity index (χ0n) is 16.1. The minimum Gasteiger partial charge on any atom is -0.497 e. The van der Waals surface area contributed by atoms with Crippen molar-refractivity contribution in [3.63, 3.8) is 0 Å². The number of carbonyl (C=O) groups excluding carboxylic acids is 2. The molecule has 0 aliphatic carbocycles. The highest BCUT2D eigenvalue weighted by atomic mass is 16.5. The monoisotopic (exact) mass is 383 g/mol. The van der Waals surface area contributed by atoms with E-state index in [1.165, 1.54) is 0 Å². The van der Waals surface area contributed by atoms with Crippen LogP contribution >= 0.6 is 0 Å². The number of anilines is 1. The van der Waals surface area contributed by atoms with Gasteiger partial charge >= 0.3 is 6.03 Å². The lowest BCUT2D eigenvalue weighted by atomic mass is 10.2. The second kappa shape index (κ2) is 9.12. The van der Waals surface area contributed by atoms with Crippen LogP contribution in [0, 0.1) is 0 Å². The van der Waals surface area contributed by atoms with Gasteiger partial charge in [0.15, 0.2) is 0 Å². The van der Waals surface area contributed by atoms with Crippen molar-refractivity contribution >= 4 is 17.6 Å². The summed E-state index contributed by atoms with van der Waals surface area (Å²) in [6.45, 7) is 0.959. The van der Waals surface area contributed by atoms with Crippen LogP contribution in [0.1, 0.15) is 18.4 Å². The third-order valence-electron chi connectivity index (χ3n) is 4.76. The second-order valence-electron chi connectivity index (χ2n) is 6.58.